The van der Waals surface area contributed by atoms with Gasteiger partial charge in [0.1, 0.15) is 5.75 Å². The van der Waals surface area contributed by atoms with Crippen LogP contribution in [0.15, 0.2) is 90.3 Å². The summed E-state index contributed by atoms with van der Waals surface area (Å²) in [5.41, 5.74) is 2.50. The molecule has 2 N–H and O–H groups in total. The number of carbonyl (C=O) groups is 2. The summed E-state index contributed by atoms with van der Waals surface area (Å²) in [7, 11) is 1.53. The Bertz CT molecular complexity index is 1310. The fraction of sp³-hybridized carbons (Fsp3) is 0.0800. The second kappa shape index (κ2) is 10.9. The van der Waals surface area contributed by atoms with E-state index in [9.17, 15) is 9.59 Å². The molecule has 0 aliphatic carbocycles. The summed E-state index contributed by atoms with van der Waals surface area (Å²) in [5, 5.41) is 6.81. The summed E-state index contributed by atoms with van der Waals surface area (Å²) >= 11 is 7.31. The minimum atomic E-state index is -0.226. The number of amides is 2. The third-order valence-electron chi connectivity index (χ3n) is 4.79. The van der Waals surface area contributed by atoms with Crippen LogP contribution in [0.3, 0.4) is 0 Å². The average molecular weight is 493 g/mol. The average Bonchev–Trinajstić information content (AvgIpc) is 3.32. The zero-order valence-electron chi connectivity index (χ0n) is 18.2. The number of rotatable bonds is 8. The molecule has 0 fully saturated rings. The summed E-state index contributed by atoms with van der Waals surface area (Å²) in [5.74, 6) is 0.212. The zero-order chi connectivity index (χ0) is 23.9. The minimum absolute atomic E-state index is 0.126. The molecule has 172 valence electrons. The Kier molecular flexibility index (Phi) is 7.51. The van der Waals surface area contributed by atoms with Crippen molar-refractivity contribution in [3.05, 3.63) is 95.8 Å². The van der Waals surface area contributed by atoms with Gasteiger partial charge in [-0.15, -0.1) is 0 Å². The van der Waals surface area contributed by atoms with Crippen LogP contribution in [0.5, 0.6) is 5.75 Å². The second-order valence-electron chi connectivity index (χ2n) is 7.13. The van der Waals surface area contributed by atoms with Crippen molar-refractivity contribution < 1.29 is 14.3 Å². The van der Waals surface area contributed by atoms with Gasteiger partial charge in [-0.25, -0.2) is 4.98 Å². The van der Waals surface area contributed by atoms with Crippen molar-refractivity contribution in [2.45, 2.75) is 5.16 Å². The highest BCUT2D eigenvalue weighted by atomic mass is 35.5. The number of ether oxygens (including phenoxy) is 1. The number of nitrogens with one attached hydrogen (secondary N) is 2. The number of halogens is 1. The van der Waals surface area contributed by atoms with Crippen molar-refractivity contribution in [3.63, 3.8) is 0 Å². The first-order chi connectivity index (χ1) is 16.5. The van der Waals surface area contributed by atoms with Gasteiger partial charge in [0.2, 0.25) is 5.91 Å². The van der Waals surface area contributed by atoms with Crippen molar-refractivity contribution in [2.24, 2.45) is 0 Å². The smallest absolute Gasteiger partial charge is 0.255 e. The molecular formula is C25H21ClN4O3S. The third kappa shape index (κ3) is 5.78. The van der Waals surface area contributed by atoms with Crippen LogP contribution in [0, 0.1) is 0 Å². The van der Waals surface area contributed by atoms with Crippen molar-refractivity contribution in [2.75, 3.05) is 23.5 Å². The zero-order valence-corrected chi connectivity index (χ0v) is 19.8. The molecule has 0 aliphatic rings. The van der Waals surface area contributed by atoms with Gasteiger partial charge in [-0.2, -0.15) is 0 Å². The van der Waals surface area contributed by atoms with Gasteiger partial charge in [0.15, 0.2) is 5.16 Å². The van der Waals surface area contributed by atoms with Crippen LogP contribution < -0.4 is 15.4 Å². The van der Waals surface area contributed by atoms with E-state index in [1.165, 1.54) is 18.9 Å². The molecule has 0 spiro atoms. The SMILES string of the molecule is COc1ccc(Cl)cc1NC(=O)CSc1nccn1-c1cccc(C(=O)Nc2ccccc2)c1. The molecule has 9 heteroatoms. The Labute approximate surface area is 206 Å². The molecule has 0 atom stereocenters. The molecule has 0 aliphatic heterocycles. The quantitative estimate of drug-likeness (QED) is 0.316. The number of benzene rings is 3. The Hall–Kier alpha value is -3.75. The van der Waals surface area contributed by atoms with E-state index in [-0.39, 0.29) is 17.6 Å². The van der Waals surface area contributed by atoms with Gasteiger partial charge in [-0.05, 0) is 48.5 Å². The number of imidazole rings is 1. The number of carbonyl (C=O) groups excluding carboxylic acids is 2. The largest absolute Gasteiger partial charge is 0.495 e. The lowest BCUT2D eigenvalue weighted by atomic mass is 10.2. The van der Waals surface area contributed by atoms with E-state index in [1.807, 2.05) is 47.0 Å². The number of hydrogen-bond donors (Lipinski definition) is 2. The van der Waals surface area contributed by atoms with Crippen molar-refractivity contribution in [3.8, 4) is 11.4 Å². The molecule has 1 aromatic heterocycles. The molecule has 3 aromatic carbocycles. The topological polar surface area (TPSA) is 85.2 Å². The second-order valence-corrected chi connectivity index (χ2v) is 8.51. The summed E-state index contributed by atoms with van der Waals surface area (Å²) in [6.45, 7) is 0. The Morgan fingerprint density at radius 3 is 2.65 bits per heavy atom. The fourth-order valence-electron chi connectivity index (χ4n) is 3.21. The Morgan fingerprint density at radius 1 is 1.03 bits per heavy atom. The van der Waals surface area contributed by atoms with E-state index < -0.39 is 0 Å². The minimum Gasteiger partial charge on any atom is -0.495 e. The van der Waals surface area contributed by atoms with E-state index in [0.717, 1.165) is 11.4 Å². The molecule has 0 saturated carbocycles. The van der Waals surface area contributed by atoms with Gasteiger partial charge in [-0.3, -0.25) is 14.2 Å². The number of hydrogen-bond acceptors (Lipinski definition) is 5. The molecule has 1 heterocycles. The molecule has 4 aromatic rings. The van der Waals surface area contributed by atoms with Crippen molar-refractivity contribution in [1.29, 1.82) is 0 Å². The molecule has 34 heavy (non-hydrogen) atoms. The van der Waals surface area contributed by atoms with Crippen LogP contribution in [0.25, 0.3) is 5.69 Å². The summed E-state index contributed by atoms with van der Waals surface area (Å²) < 4.78 is 7.10. The van der Waals surface area contributed by atoms with E-state index >= 15 is 0 Å². The van der Waals surface area contributed by atoms with Crippen LogP contribution in [0.4, 0.5) is 11.4 Å². The maximum Gasteiger partial charge on any atom is 0.255 e. The highest BCUT2D eigenvalue weighted by molar-refractivity contribution is 7.99. The lowest BCUT2D eigenvalue weighted by Gasteiger charge is -2.11. The highest BCUT2D eigenvalue weighted by Gasteiger charge is 2.13. The maximum atomic E-state index is 12.7. The van der Waals surface area contributed by atoms with E-state index in [4.69, 9.17) is 16.3 Å². The number of nitrogens with zero attached hydrogens (tertiary/aromatic N) is 2. The summed E-state index contributed by atoms with van der Waals surface area (Å²) in [6.07, 6.45) is 3.44. The lowest BCUT2D eigenvalue weighted by Crippen LogP contribution is -2.15. The van der Waals surface area contributed by atoms with E-state index in [0.29, 0.717) is 27.2 Å². The predicted octanol–water partition coefficient (Wildman–Crippen LogP) is 5.52. The number of aromatic nitrogens is 2. The first-order valence-electron chi connectivity index (χ1n) is 10.3. The van der Waals surface area contributed by atoms with E-state index in [2.05, 4.69) is 15.6 Å². The van der Waals surface area contributed by atoms with Gasteiger partial charge in [0.05, 0.1) is 18.6 Å². The highest BCUT2D eigenvalue weighted by Crippen LogP contribution is 2.28. The molecule has 0 radical (unpaired) electrons. The van der Waals surface area contributed by atoms with Gasteiger partial charge >= 0.3 is 0 Å². The number of methoxy groups -OCH3 is 1. The monoisotopic (exact) mass is 492 g/mol. The molecule has 0 saturated heterocycles. The number of anilines is 2. The first-order valence-corrected chi connectivity index (χ1v) is 11.7. The lowest BCUT2D eigenvalue weighted by molar-refractivity contribution is -0.113. The summed E-state index contributed by atoms with van der Waals surface area (Å²) in [6, 6.07) is 21.5. The van der Waals surface area contributed by atoms with Crippen LogP contribution in [0.1, 0.15) is 10.4 Å². The van der Waals surface area contributed by atoms with Crippen LogP contribution in [0.2, 0.25) is 5.02 Å². The normalized spacial score (nSPS) is 10.5. The van der Waals surface area contributed by atoms with Gasteiger partial charge < -0.3 is 15.4 Å². The molecular weight excluding hydrogens is 472 g/mol. The van der Waals surface area contributed by atoms with Crippen molar-refractivity contribution >= 4 is 46.6 Å². The third-order valence-corrected chi connectivity index (χ3v) is 5.99. The Balaban J connectivity index is 1.44. The molecule has 4 rings (SSSR count). The first kappa shape index (κ1) is 23.4. The van der Waals surface area contributed by atoms with Gasteiger partial charge in [0, 0.05) is 34.4 Å². The molecule has 2 amide bonds. The summed E-state index contributed by atoms with van der Waals surface area (Å²) in [4.78, 5) is 29.6. The maximum absolute atomic E-state index is 12.7. The number of thioether (sulfide) groups is 1. The van der Waals surface area contributed by atoms with Crippen LogP contribution in [-0.2, 0) is 4.79 Å². The molecule has 7 nitrogen and oxygen atoms in total. The van der Waals surface area contributed by atoms with Gasteiger partial charge in [0.25, 0.3) is 5.91 Å². The molecule has 0 bridgehead atoms. The van der Waals surface area contributed by atoms with E-state index in [1.54, 1.807) is 42.7 Å². The fourth-order valence-corrected chi connectivity index (χ4v) is 4.15. The predicted molar refractivity (Wildman–Crippen MR) is 135 cm³/mol. The van der Waals surface area contributed by atoms with Crippen LogP contribution in [-0.4, -0.2) is 34.2 Å². The molecule has 0 unspecified atom stereocenters. The Morgan fingerprint density at radius 2 is 1.85 bits per heavy atom. The standard InChI is InChI=1S/C25H21ClN4O3S/c1-33-22-11-10-18(26)15-21(22)29-23(31)16-34-25-27-12-13-30(25)20-9-5-6-17(14-20)24(32)28-19-7-3-2-4-8-19/h2-15H,16H2,1H3,(H,28,32)(H,29,31). The number of para-hydroxylation sites is 1. The van der Waals surface area contributed by atoms with Crippen LogP contribution >= 0.6 is 23.4 Å². The van der Waals surface area contributed by atoms with Gasteiger partial charge in [-0.1, -0.05) is 47.6 Å². The van der Waals surface area contributed by atoms with Crippen molar-refractivity contribution in [1.82, 2.24) is 9.55 Å².